The minimum Gasteiger partial charge on any atom is -0.321 e. The van der Waals surface area contributed by atoms with Gasteiger partial charge >= 0.3 is 0 Å². The van der Waals surface area contributed by atoms with E-state index in [1.54, 1.807) is 0 Å². The first kappa shape index (κ1) is 16.3. The van der Waals surface area contributed by atoms with Crippen LogP contribution in [0.1, 0.15) is 0 Å². The molecule has 0 aromatic heterocycles. The maximum atomic E-state index is 8.52. The number of halogens is 2. The van der Waals surface area contributed by atoms with Crippen molar-refractivity contribution >= 4 is 13.5 Å². The van der Waals surface area contributed by atoms with Crippen molar-refractivity contribution in [2.45, 2.75) is 0 Å². The summed E-state index contributed by atoms with van der Waals surface area (Å²) >= 11 is 0. The Morgan fingerprint density at radius 3 is 0.778 bits per heavy atom. The first-order valence-corrected chi connectivity index (χ1v) is 2.87. The molecule has 0 aliphatic rings. The molecule has 0 heterocycles. The van der Waals surface area contributed by atoms with E-state index in [9.17, 15) is 0 Å². The summed E-state index contributed by atoms with van der Waals surface area (Å²) in [6.45, 7) is 0. The molecule has 0 aromatic carbocycles. The SMILES string of the molecule is S.[O-][Cl+2]([O-])O.[O-][Cl+2]([O-])O. The fourth-order valence-corrected chi connectivity index (χ4v) is 0. The Morgan fingerprint density at radius 1 is 0.778 bits per heavy atom. The molecule has 0 radical (unpaired) electrons. The molecule has 0 saturated heterocycles. The van der Waals surface area contributed by atoms with Gasteiger partial charge < -0.3 is 18.6 Å². The Labute approximate surface area is 63.6 Å². The number of rotatable bonds is 0. The van der Waals surface area contributed by atoms with Gasteiger partial charge in [0.25, 0.3) is 21.6 Å². The second-order valence-corrected chi connectivity index (χ2v) is 1.21. The molecule has 9 heavy (non-hydrogen) atoms. The second-order valence-electron chi connectivity index (χ2n) is 0.402. The third kappa shape index (κ3) is 817. The van der Waals surface area contributed by atoms with Gasteiger partial charge in [-0.05, 0) is 0 Å². The Kier molecular flexibility index (Phi) is 20.9. The van der Waals surface area contributed by atoms with Gasteiger partial charge in [0, 0.05) is 9.32 Å². The first-order valence-electron chi connectivity index (χ1n) is 0.955. The summed E-state index contributed by atoms with van der Waals surface area (Å²) in [6.07, 6.45) is 0. The molecule has 9 heteroatoms. The van der Waals surface area contributed by atoms with E-state index >= 15 is 0 Å². The predicted octanol–water partition coefficient (Wildman–Crippen LogP) is -5.76. The van der Waals surface area contributed by atoms with Crippen LogP contribution in [0.4, 0.5) is 0 Å². The fourth-order valence-electron chi connectivity index (χ4n) is 0. The molecular formula is H4Cl2O6S. The van der Waals surface area contributed by atoms with Crippen LogP contribution in [-0.4, -0.2) is 9.32 Å². The van der Waals surface area contributed by atoms with Crippen molar-refractivity contribution < 1.29 is 49.5 Å². The predicted molar refractivity (Wildman–Crippen MR) is 14.8 cm³/mol. The monoisotopic (exact) mass is 202 g/mol. The molecule has 0 aromatic rings. The third-order valence-electron chi connectivity index (χ3n) is 0. The molecular weight excluding hydrogens is 199 g/mol. The number of hydrogen-bond acceptors (Lipinski definition) is 6. The van der Waals surface area contributed by atoms with Gasteiger partial charge in [0.05, 0.1) is 0 Å². The highest BCUT2D eigenvalue weighted by Gasteiger charge is 1.79. The first-order chi connectivity index (χ1) is 3.46. The van der Waals surface area contributed by atoms with Crippen molar-refractivity contribution in [1.29, 1.82) is 0 Å². The lowest BCUT2D eigenvalue weighted by Crippen LogP contribution is -2.30. The maximum Gasteiger partial charge on any atom is 0.282 e. The Hall–Kier alpha value is 0.690. The van der Waals surface area contributed by atoms with Gasteiger partial charge in [0.15, 0.2) is 0 Å². The summed E-state index contributed by atoms with van der Waals surface area (Å²) < 4.78 is 47.9. The molecule has 0 fully saturated rings. The molecule has 2 N–H and O–H groups in total. The smallest absolute Gasteiger partial charge is 0.282 e. The van der Waals surface area contributed by atoms with Gasteiger partial charge in [-0.15, -0.1) is 0 Å². The molecule has 0 rings (SSSR count). The average molecular weight is 203 g/mol. The molecule has 0 spiro atoms. The minimum absolute atomic E-state index is 0. The molecule has 60 valence electrons. The molecule has 0 amide bonds. The molecule has 6 nitrogen and oxygen atoms in total. The zero-order valence-electron chi connectivity index (χ0n) is 3.78. The van der Waals surface area contributed by atoms with E-state index in [-0.39, 0.29) is 13.5 Å². The number of hydrogen-bond donors (Lipinski definition) is 2. The van der Waals surface area contributed by atoms with Crippen LogP contribution in [0.3, 0.4) is 0 Å². The highest BCUT2D eigenvalue weighted by atomic mass is 35.6. The zero-order chi connectivity index (χ0) is 7.15. The van der Waals surface area contributed by atoms with E-state index < -0.39 is 21.6 Å². The van der Waals surface area contributed by atoms with Crippen LogP contribution in [-0.2, 0) is 0 Å². The quantitative estimate of drug-likeness (QED) is 0.403. The Balaban J connectivity index is -0.0000000720. The van der Waals surface area contributed by atoms with E-state index in [4.69, 9.17) is 28.0 Å². The van der Waals surface area contributed by atoms with Crippen molar-refractivity contribution in [2.75, 3.05) is 0 Å². The topological polar surface area (TPSA) is 133 Å². The van der Waals surface area contributed by atoms with Gasteiger partial charge in [-0.25, -0.2) is 0 Å². The normalized spacial score (nSPS) is 8.00. The van der Waals surface area contributed by atoms with E-state index in [1.165, 1.54) is 0 Å². The van der Waals surface area contributed by atoms with Crippen molar-refractivity contribution in [3.8, 4) is 0 Å². The van der Waals surface area contributed by atoms with Crippen molar-refractivity contribution in [2.24, 2.45) is 0 Å². The van der Waals surface area contributed by atoms with Gasteiger partial charge in [-0.3, -0.25) is 0 Å². The van der Waals surface area contributed by atoms with Gasteiger partial charge in [-0.2, -0.15) is 13.5 Å². The highest BCUT2D eigenvalue weighted by molar-refractivity contribution is 7.59. The van der Waals surface area contributed by atoms with Crippen LogP contribution in [0.5, 0.6) is 0 Å². The standard InChI is InChI=1S/2ClHO3.H2S/c2*2-1(3)4;/h2*2H;1H2. The van der Waals surface area contributed by atoms with E-state index in [1.807, 2.05) is 0 Å². The van der Waals surface area contributed by atoms with Crippen LogP contribution >= 0.6 is 13.5 Å². The lowest BCUT2D eigenvalue weighted by molar-refractivity contribution is -1.63. The minimum atomic E-state index is -2.60. The lowest BCUT2D eigenvalue weighted by atomic mass is 15.8. The molecule has 0 unspecified atom stereocenters. The van der Waals surface area contributed by atoms with Crippen molar-refractivity contribution in [3.63, 3.8) is 0 Å². The molecule has 0 bridgehead atoms. The van der Waals surface area contributed by atoms with Gasteiger partial charge in [-0.1, -0.05) is 0 Å². The van der Waals surface area contributed by atoms with Gasteiger partial charge in [0.1, 0.15) is 0 Å². The largest absolute Gasteiger partial charge is 0.321 e. The summed E-state index contributed by atoms with van der Waals surface area (Å²) in [6, 6.07) is 0. The van der Waals surface area contributed by atoms with Crippen LogP contribution in [0.25, 0.3) is 0 Å². The summed E-state index contributed by atoms with van der Waals surface area (Å²) in [5.74, 6) is 0. The van der Waals surface area contributed by atoms with Crippen molar-refractivity contribution in [3.05, 3.63) is 0 Å². The van der Waals surface area contributed by atoms with Crippen molar-refractivity contribution in [1.82, 2.24) is 0 Å². The van der Waals surface area contributed by atoms with Crippen LogP contribution in [0.2, 0.25) is 0 Å². The summed E-state index contributed by atoms with van der Waals surface area (Å²) in [4.78, 5) is 0. The summed E-state index contributed by atoms with van der Waals surface area (Å²) in [5.41, 5.74) is 0. The fraction of sp³-hybridized carbons (Fsp3) is 0. The highest BCUT2D eigenvalue weighted by Crippen LogP contribution is 1.38. The van der Waals surface area contributed by atoms with Crippen LogP contribution < -0.4 is 18.6 Å². The Bertz CT molecular complexity index is 26.5. The molecule has 0 atom stereocenters. The molecule has 0 aliphatic heterocycles. The molecule has 0 saturated carbocycles. The van der Waals surface area contributed by atoms with E-state index in [0.717, 1.165) is 0 Å². The van der Waals surface area contributed by atoms with E-state index in [2.05, 4.69) is 0 Å². The molecule has 0 aliphatic carbocycles. The Morgan fingerprint density at radius 2 is 0.778 bits per heavy atom. The summed E-state index contributed by atoms with van der Waals surface area (Å²) in [5, 5.41) is 0. The van der Waals surface area contributed by atoms with E-state index in [0.29, 0.717) is 0 Å². The van der Waals surface area contributed by atoms with Crippen LogP contribution in [0.15, 0.2) is 0 Å². The van der Waals surface area contributed by atoms with Gasteiger partial charge in [0.2, 0.25) is 0 Å². The summed E-state index contributed by atoms with van der Waals surface area (Å²) in [7, 11) is -5.20. The second kappa shape index (κ2) is 11.5. The van der Waals surface area contributed by atoms with Crippen LogP contribution in [0, 0.1) is 21.6 Å². The lowest BCUT2D eigenvalue weighted by Gasteiger charge is -1.72. The third-order valence-corrected chi connectivity index (χ3v) is 0. The maximum absolute atomic E-state index is 8.52. The zero-order valence-corrected chi connectivity index (χ0v) is 6.30. The average Bonchev–Trinajstić information content (AvgIpc) is 1.25.